The van der Waals surface area contributed by atoms with E-state index in [1.54, 1.807) is 13.3 Å². The molecule has 7 nitrogen and oxygen atoms in total. The molecule has 138 valence electrons. The molecule has 1 aromatic carbocycles. The van der Waals surface area contributed by atoms with E-state index < -0.39 is 0 Å². The molecule has 2 saturated heterocycles. The van der Waals surface area contributed by atoms with E-state index in [4.69, 9.17) is 14.2 Å². The predicted molar refractivity (Wildman–Crippen MR) is 99.1 cm³/mol. The van der Waals surface area contributed by atoms with Gasteiger partial charge in [0, 0.05) is 32.1 Å². The van der Waals surface area contributed by atoms with E-state index >= 15 is 0 Å². The van der Waals surface area contributed by atoms with Crippen molar-refractivity contribution in [2.45, 2.75) is 25.6 Å². The first-order valence-electron chi connectivity index (χ1n) is 8.95. The number of hydrogen-bond acceptors (Lipinski definition) is 7. The number of benzene rings is 1. The van der Waals surface area contributed by atoms with Crippen molar-refractivity contribution in [3.63, 3.8) is 0 Å². The maximum absolute atomic E-state index is 5.80. The number of ether oxygens (including phenoxy) is 3. The lowest BCUT2D eigenvalue weighted by atomic mass is 10.0. The van der Waals surface area contributed by atoms with Crippen molar-refractivity contribution < 1.29 is 14.2 Å². The highest BCUT2D eigenvalue weighted by atomic mass is 16.7. The Hall–Kier alpha value is -2.38. The fourth-order valence-corrected chi connectivity index (χ4v) is 3.49. The number of nitrogens with zero attached hydrogens (tertiary/aromatic N) is 3. The summed E-state index contributed by atoms with van der Waals surface area (Å²) in [6.45, 7) is 5.13. The van der Waals surface area contributed by atoms with E-state index in [1.165, 1.54) is 0 Å². The van der Waals surface area contributed by atoms with Crippen LogP contribution in [0.3, 0.4) is 0 Å². The number of hydrogen-bond donors (Lipinski definition) is 1. The number of piperidine rings is 1. The highest BCUT2D eigenvalue weighted by Crippen LogP contribution is 2.33. The van der Waals surface area contributed by atoms with Crippen LogP contribution in [0, 0.1) is 6.92 Å². The minimum atomic E-state index is -0.375. The second-order valence-electron chi connectivity index (χ2n) is 6.66. The van der Waals surface area contributed by atoms with Gasteiger partial charge in [-0.1, -0.05) is 6.07 Å². The summed E-state index contributed by atoms with van der Waals surface area (Å²) in [6.07, 6.45) is 3.48. The van der Waals surface area contributed by atoms with Gasteiger partial charge >= 0.3 is 0 Å². The van der Waals surface area contributed by atoms with Crippen molar-refractivity contribution in [1.82, 2.24) is 9.97 Å². The standard InChI is InChI=1S/C19H24N4O3/c1-14-3-4-16(24-2)15(13-14)21-18-20-8-5-17(22-18)23-9-6-19(7-10-23)25-11-12-26-19/h3-5,8,13H,6-7,9-12H2,1-2H3,(H,20,21,22). The maximum Gasteiger partial charge on any atom is 0.229 e. The first kappa shape index (κ1) is 17.1. The van der Waals surface area contributed by atoms with Crippen LogP contribution < -0.4 is 15.0 Å². The fraction of sp³-hybridized carbons (Fsp3) is 0.474. The maximum atomic E-state index is 5.80. The van der Waals surface area contributed by atoms with Crippen LogP contribution in [-0.2, 0) is 9.47 Å². The third-order valence-corrected chi connectivity index (χ3v) is 4.91. The molecule has 0 saturated carbocycles. The van der Waals surface area contributed by atoms with E-state index in [0.717, 1.165) is 48.7 Å². The van der Waals surface area contributed by atoms with Crippen molar-refractivity contribution in [3.05, 3.63) is 36.0 Å². The first-order chi connectivity index (χ1) is 12.7. The third kappa shape index (κ3) is 3.45. The van der Waals surface area contributed by atoms with Crippen molar-refractivity contribution in [3.8, 4) is 5.75 Å². The summed E-state index contributed by atoms with van der Waals surface area (Å²) in [5.41, 5.74) is 2.00. The second-order valence-corrected chi connectivity index (χ2v) is 6.66. The molecular formula is C19H24N4O3. The highest BCUT2D eigenvalue weighted by Gasteiger charge is 2.40. The van der Waals surface area contributed by atoms with Crippen LogP contribution in [0.1, 0.15) is 18.4 Å². The van der Waals surface area contributed by atoms with E-state index in [9.17, 15) is 0 Å². The summed E-state index contributed by atoms with van der Waals surface area (Å²) in [6, 6.07) is 7.91. The summed E-state index contributed by atoms with van der Waals surface area (Å²) >= 11 is 0. The van der Waals surface area contributed by atoms with Gasteiger partial charge in [0.1, 0.15) is 11.6 Å². The number of anilines is 3. The van der Waals surface area contributed by atoms with Gasteiger partial charge in [-0.2, -0.15) is 4.98 Å². The van der Waals surface area contributed by atoms with Gasteiger partial charge in [0.15, 0.2) is 5.79 Å². The topological polar surface area (TPSA) is 68.7 Å². The lowest BCUT2D eigenvalue weighted by Crippen LogP contribution is -2.45. The Labute approximate surface area is 153 Å². The molecule has 3 heterocycles. The normalized spacial score (nSPS) is 18.9. The monoisotopic (exact) mass is 356 g/mol. The van der Waals surface area contributed by atoms with Crippen LogP contribution in [0.25, 0.3) is 0 Å². The van der Waals surface area contributed by atoms with Gasteiger partial charge < -0.3 is 24.4 Å². The molecule has 0 aliphatic carbocycles. The number of methoxy groups -OCH3 is 1. The summed E-state index contributed by atoms with van der Waals surface area (Å²) in [7, 11) is 1.66. The van der Waals surface area contributed by atoms with E-state index in [2.05, 4.69) is 20.2 Å². The lowest BCUT2D eigenvalue weighted by molar-refractivity contribution is -0.169. The molecule has 1 N–H and O–H groups in total. The van der Waals surface area contributed by atoms with Gasteiger partial charge in [0.05, 0.1) is 26.0 Å². The zero-order valence-electron chi connectivity index (χ0n) is 15.2. The molecular weight excluding hydrogens is 332 g/mol. The fourth-order valence-electron chi connectivity index (χ4n) is 3.49. The van der Waals surface area contributed by atoms with Crippen LogP contribution in [0.5, 0.6) is 5.75 Å². The van der Waals surface area contributed by atoms with Gasteiger partial charge in [-0.3, -0.25) is 0 Å². The van der Waals surface area contributed by atoms with Gasteiger partial charge in [0.2, 0.25) is 5.95 Å². The molecule has 0 radical (unpaired) electrons. The lowest BCUT2D eigenvalue weighted by Gasteiger charge is -2.38. The van der Waals surface area contributed by atoms with E-state index in [1.807, 2.05) is 31.2 Å². The van der Waals surface area contributed by atoms with E-state index in [-0.39, 0.29) is 5.79 Å². The molecule has 2 aromatic rings. The number of rotatable bonds is 4. The largest absolute Gasteiger partial charge is 0.495 e. The highest BCUT2D eigenvalue weighted by molar-refractivity contribution is 5.64. The Bertz CT molecular complexity index is 767. The molecule has 2 aliphatic rings. The number of aromatic nitrogens is 2. The molecule has 26 heavy (non-hydrogen) atoms. The van der Waals surface area contributed by atoms with Gasteiger partial charge in [0.25, 0.3) is 0 Å². The molecule has 1 aromatic heterocycles. The van der Waals surface area contributed by atoms with Crippen LogP contribution >= 0.6 is 0 Å². The minimum absolute atomic E-state index is 0.375. The molecule has 0 unspecified atom stereocenters. The Balaban J connectivity index is 1.48. The predicted octanol–water partition coefficient (Wildman–Crippen LogP) is 2.88. The van der Waals surface area contributed by atoms with Crippen LogP contribution in [0.15, 0.2) is 30.5 Å². The third-order valence-electron chi connectivity index (χ3n) is 4.91. The summed E-state index contributed by atoms with van der Waals surface area (Å²) in [4.78, 5) is 11.3. The average Bonchev–Trinajstić information content (AvgIpc) is 3.11. The molecule has 4 rings (SSSR count). The van der Waals surface area contributed by atoms with Crippen molar-refractivity contribution in [1.29, 1.82) is 0 Å². The summed E-state index contributed by atoms with van der Waals surface area (Å²) < 4.78 is 17.0. The summed E-state index contributed by atoms with van der Waals surface area (Å²) in [5.74, 6) is 1.85. The van der Waals surface area contributed by atoms with Crippen LogP contribution in [0.2, 0.25) is 0 Å². The Kier molecular flexibility index (Phi) is 4.65. The quantitative estimate of drug-likeness (QED) is 0.903. The molecule has 7 heteroatoms. The van der Waals surface area contributed by atoms with Crippen LogP contribution in [0.4, 0.5) is 17.5 Å². The van der Waals surface area contributed by atoms with Crippen molar-refractivity contribution in [2.24, 2.45) is 0 Å². The van der Waals surface area contributed by atoms with Gasteiger partial charge in [-0.25, -0.2) is 4.98 Å². The Morgan fingerprint density at radius 2 is 1.92 bits per heavy atom. The molecule has 0 bridgehead atoms. The van der Waals surface area contributed by atoms with E-state index in [0.29, 0.717) is 19.2 Å². The number of nitrogens with one attached hydrogen (secondary N) is 1. The molecule has 2 fully saturated rings. The zero-order chi connectivity index (χ0) is 18.0. The number of aryl methyl sites for hydroxylation is 1. The first-order valence-corrected chi connectivity index (χ1v) is 8.95. The second kappa shape index (κ2) is 7.09. The smallest absolute Gasteiger partial charge is 0.229 e. The van der Waals surface area contributed by atoms with Gasteiger partial charge in [-0.05, 0) is 30.7 Å². The Morgan fingerprint density at radius 3 is 2.65 bits per heavy atom. The SMILES string of the molecule is COc1ccc(C)cc1Nc1nccc(N2CCC3(CC2)OCCO3)n1. The molecule has 0 amide bonds. The van der Waals surface area contributed by atoms with Crippen LogP contribution in [-0.4, -0.2) is 49.2 Å². The summed E-state index contributed by atoms with van der Waals surface area (Å²) in [5, 5.41) is 3.27. The average molecular weight is 356 g/mol. The van der Waals surface area contributed by atoms with Gasteiger partial charge in [-0.15, -0.1) is 0 Å². The minimum Gasteiger partial charge on any atom is -0.495 e. The molecule has 2 aliphatic heterocycles. The molecule has 0 atom stereocenters. The van der Waals surface area contributed by atoms with Crippen molar-refractivity contribution >= 4 is 17.5 Å². The molecule has 1 spiro atoms. The zero-order valence-corrected chi connectivity index (χ0v) is 15.2. The van der Waals surface area contributed by atoms with Crippen molar-refractivity contribution in [2.75, 3.05) is 43.6 Å². The Morgan fingerprint density at radius 1 is 1.15 bits per heavy atom.